The molecule has 1 saturated heterocycles. The molecule has 1 aromatic rings. The van der Waals surface area contributed by atoms with Crippen LogP contribution in [-0.2, 0) is 6.42 Å². The summed E-state index contributed by atoms with van der Waals surface area (Å²) in [7, 11) is 0. The average Bonchev–Trinajstić information content (AvgIpc) is 2.34. The number of aromatic carboxylic acids is 1. The van der Waals surface area contributed by atoms with Crippen LogP contribution in [0.5, 0.6) is 0 Å². The maximum Gasteiger partial charge on any atom is 0.336 e. The van der Waals surface area contributed by atoms with E-state index in [9.17, 15) is 9.18 Å². The minimum atomic E-state index is -1.06. The van der Waals surface area contributed by atoms with E-state index in [4.69, 9.17) is 5.11 Å². The number of carbonyl (C=O) groups is 1. The Morgan fingerprint density at radius 2 is 2.28 bits per heavy atom. The van der Waals surface area contributed by atoms with Crippen LogP contribution in [0.4, 0.5) is 4.39 Å². The van der Waals surface area contributed by atoms with E-state index < -0.39 is 11.8 Å². The Morgan fingerprint density at radius 3 is 2.89 bits per heavy atom. The third kappa shape index (κ3) is 2.88. The van der Waals surface area contributed by atoms with Crippen LogP contribution in [0.15, 0.2) is 12.1 Å². The lowest BCUT2D eigenvalue weighted by molar-refractivity contribution is 0.0695. The second-order valence-electron chi connectivity index (χ2n) is 4.91. The summed E-state index contributed by atoms with van der Waals surface area (Å²) in [6.07, 6.45) is 4.12. The van der Waals surface area contributed by atoms with Crippen molar-refractivity contribution in [2.24, 2.45) is 0 Å². The van der Waals surface area contributed by atoms with E-state index >= 15 is 0 Å². The van der Waals surface area contributed by atoms with E-state index in [-0.39, 0.29) is 11.1 Å². The number of hydrogen-bond acceptors (Lipinski definition) is 2. The Balaban J connectivity index is 2.20. The smallest absolute Gasteiger partial charge is 0.336 e. The van der Waals surface area contributed by atoms with Crippen LogP contribution in [0.2, 0.25) is 0 Å². The lowest BCUT2D eigenvalue weighted by atomic mass is 9.95. The third-order valence-electron chi connectivity index (χ3n) is 3.53. The molecule has 4 heteroatoms. The second kappa shape index (κ2) is 5.48. The number of nitrogens with one attached hydrogen (secondary N) is 1. The predicted molar refractivity (Wildman–Crippen MR) is 67.4 cm³/mol. The molecule has 2 N–H and O–H groups in total. The Bertz CT molecular complexity index is 453. The zero-order valence-electron chi connectivity index (χ0n) is 10.5. The van der Waals surface area contributed by atoms with Gasteiger partial charge >= 0.3 is 5.97 Å². The van der Waals surface area contributed by atoms with Crippen molar-refractivity contribution in [2.75, 3.05) is 6.54 Å². The van der Waals surface area contributed by atoms with Crippen molar-refractivity contribution in [1.29, 1.82) is 0 Å². The van der Waals surface area contributed by atoms with Gasteiger partial charge in [0, 0.05) is 6.04 Å². The molecule has 1 unspecified atom stereocenters. The number of piperidine rings is 1. The largest absolute Gasteiger partial charge is 0.478 e. The van der Waals surface area contributed by atoms with E-state index in [1.165, 1.54) is 25.8 Å². The zero-order valence-corrected chi connectivity index (χ0v) is 10.5. The zero-order chi connectivity index (χ0) is 13.1. The van der Waals surface area contributed by atoms with Crippen molar-refractivity contribution >= 4 is 5.97 Å². The van der Waals surface area contributed by atoms with Gasteiger partial charge in [0.25, 0.3) is 0 Å². The average molecular weight is 251 g/mol. The first-order chi connectivity index (χ1) is 8.58. The summed E-state index contributed by atoms with van der Waals surface area (Å²) >= 11 is 0. The van der Waals surface area contributed by atoms with Crippen molar-refractivity contribution < 1.29 is 14.3 Å². The van der Waals surface area contributed by atoms with E-state index in [1.807, 2.05) is 0 Å². The van der Waals surface area contributed by atoms with Gasteiger partial charge in [-0.3, -0.25) is 0 Å². The topological polar surface area (TPSA) is 49.3 Å². The second-order valence-corrected chi connectivity index (χ2v) is 4.91. The van der Waals surface area contributed by atoms with Gasteiger partial charge in [0.2, 0.25) is 0 Å². The molecule has 1 fully saturated rings. The van der Waals surface area contributed by atoms with Gasteiger partial charge in [-0.25, -0.2) is 9.18 Å². The first-order valence-corrected chi connectivity index (χ1v) is 6.33. The number of carboxylic acids is 1. The molecular formula is C14H18FNO2. The van der Waals surface area contributed by atoms with Crippen LogP contribution in [0, 0.1) is 12.7 Å². The van der Waals surface area contributed by atoms with Crippen LogP contribution < -0.4 is 5.32 Å². The summed E-state index contributed by atoms with van der Waals surface area (Å²) in [5.74, 6) is -1.49. The summed E-state index contributed by atoms with van der Waals surface area (Å²) in [6, 6.07) is 3.39. The molecule has 1 aliphatic heterocycles. The van der Waals surface area contributed by atoms with Crippen LogP contribution in [-0.4, -0.2) is 23.7 Å². The maximum absolute atomic E-state index is 13.7. The molecule has 0 radical (unpaired) electrons. The number of carboxylic acid groups (broad SMARTS) is 1. The lowest BCUT2D eigenvalue weighted by Gasteiger charge is -2.23. The van der Waals surface area contributed by atoms with Gasteiger partial charge in [-0.15, -0.1) is 0 Å². The predicted octanol–water partition coefficient (Wildman–Crippen LogP) is 2.52. The minimum absolute atomic E-state index is 0.0702. The highest BCUT2D eigenvalue weighted by molar-refractivity contribution is 5.89. The summed E-state index contributed by atoms with van der Waals surface area (Å²) < 4.78 is 13.7. The van der Waals surface area contributed by atoms with Crippen LogP contribution in [0.3, 0.4) is 0 Å². The molecule has 0 amide bonds. The Labute approximate surface area is 106 Å². The molecule has 0 spiro atoms. The number of hydrogen-bond donors (Lipinski definition) is 2. The first kappa shape index (κ1) is 13.0. The molecule has 1 aromatic carbocycles. The van der Waals surface area contributed by atoms with Crippen LogP contribution in [0.1, 0.15) is 40.7 Å². The van der Waals surface area contributed by atoms with E-state index in [0.29, 0.717) is 12.5 Å². The molecule has 3 nitrogen and oxygen atoms in total. The molecule has 0 saturated carbocycles. The highest BCUT2D eigenvalue weighted by Gasteiger charge is 2.17. The van der Waals surface area contributed by atoms with Gasteiger partial charge < -0.3 is 10.4 Å². The molecule has 1 aliphatic rings. The van der Waals surface area contributed by atoms with Gasteiger partial charge in [-0.2, -0.15) is 0 Å². The Morgan fingerprint density at radius 1 is 1.50 bits per heavy atom. The molecule has 1 atom stereocenters. The van der Waals surface area contributed by atoms with Gasteiger partial charge in [0.15, 0.2) is 0 Å². The molecule has 2 rings (SSSR count). The summed E-state index contributed by atoms with van der Waals surface area (Å²) in [4.78, 5) is 11.0. The van der Waals surface area contributed by atoms with E-state index in [0.717, 1.165) is 18.5 Å². The Kier molecular flexibility index (Phi) is 3.97. The molecular weight excluding hydrogens is 233 g/mol. The normalized spacial score (nSPS) is 19.8. The fourth-order valence-corrected chi connectivity index (χ4v) is 2.46. The van der Waals surface area contributed by atoms with Gasteiger partial charge in [-0.05, 0) is 56.0 Å². The van der Waals surface area contributed by atoms with Crippen molar-refractivity contribution in [1.82, 2.24) is 5.32 Å². The Hall–Kier alpha value is -1.42. The van der Waals surface area contributed by atoms with Gasteiger partial charge in [0.05, 0.1) is 5.56 Å². The third-order valence-corrected chi connectivity index (χ3v) is 3.53. The van der Waals surface area contributed by atoms with Gasteiger partial charge in [-0.1, -0.05) is 6.42 Å². The molecule has 0 aromatic heterocycles. The van der Waals surface area contributed by atoms with Crippen molar-refractivity contribution in [2.45, 2.75) is 38.6 Å². The number of rotatable bonds is 3. The molecule has 1 heterocycles. The highest BCUT2D eigenvalue weighted by atomic mass is 19.1. The van der Waals surface area contributed by atoms with Crippen LogP contribution >= 0.6 is 0 Å². The SMILES string of the molecule is Cc1c(F)cc(CC2CCCCN2)cc1C(=O)O. The minimum Gasteiger partial charge on any atom is -0.478 e. The number of halogens is 1. The van der Waals surface area contributed by atoms with E-state index in [2.05, 4.69) is 5.32 Å². The fourth-order valence-electron chi connectivity index (χ4n) is 2.46. The lowest BCUT2D eigenvalue weighted by Crippen LogP contribution is -2.35. The summed E-state index contributed by atoms with van der Waals surface area (Å²) in [5.41, 5.74) is 1.04. The first-order valence-electron chi connectivity index (χ1n) is 6.33. The van der Waals surface area contributed by atoms with Crippen LogP contribution in [0.25, 0.3) is 0 Å². The van der Waals surface area contributed by atoms with Crippen molar-refractivity contribution in [3.05, 3.63) is 34.6 Å². The molecule has 0 bridgehead atoms. The van der Waals surface area contributed by atoms with Gasteiger partial charge in [0.1, 0.15) is 5.82 Å². The van der Waals surface area contributed by atoms with Crippen molar-refractivity contribution in [3.8, 4) is 0 Å². The monoisotopic (exact) mass is 251 g/mol. The molecule has 0 aliphatic carbocycles. The highest BCUT2D eigenvalue weighted by Crippen LogP contribution is 2.19. The standard InChI is InChI=1S/C14H18FNO2/c1-9-12(14(17)18)7-10(8-13(9)15)6-11-4-2-3-5-16-11/h7-8,11,16H,2-6H2,1H3,(H,17,18). The fraction of sp³-hybridized carbons (Fsp3) is 0.500. The van der Waals surface area contributed by atoms with E-state index in [1.54, 1.807) is 6.07 Å². The number of benzene rings is 1. The molecule has 98 valence electrons. The summed E-state index contributed by atoms with van der Waals surface area (Å²) in [6.45, 7) is 2.49. The maximum atomic E-state index is 13.7. The summed E-state index contributed by atoms with van der Waals surface area (Å²) in [5, 5.41) is 12.4. The quantitative estimate of drug-likeness (QED) is 0.867. The molecule has 18 heavy (non-hydrogen) atoms. The van der Waals surface area contributed by atoms with Crippen molar-refractivity contribution in [3.63, 3.8) is 0 Å².